The number of nitrogens with one attached hydrogen (secondary N) is 2. The molecule has 0 saturated heterocycles. The number of nitrogens with zero attached hydrogens (tertiary/aromatic N) is 2. The lowest BCUT2D eigenvalue weighted by Gasteiger charge is -2.00. The number of rotatable bonds is 4. The van der Waals surface area contributed by atoms with Crippen molar-refractivity contribution in [3.8, 4) is 0 Å². The average Bonchev–Trinajstić information content (AvgIpc) is 2.73. The molecule has 0 fully saturated rings. The largest absolute Gasteiger partial charge is 0.354 e. The van der Waals surface area contributed by atoms with Gasteiger partial charge in [0.1, 0.15) is 5.69 Å². The van der Waals surface area contributed by atoms with Gasteiger partial charge in [0.2, 0.25) is 5.91 Å². The number of carbonyl (C=O) groups excluding carboxylic acids is 2. The van der Waals surface area contributed by atoms with Gasteiger partial charge in [0.25, 0.3) is 5.91 Å². The molecule has 0 atom stereocenters. The molecular formula is C8H13N5O2. The maximum atomic E-state index is 11.1. The lowest BCUT2D eigenvalue weighted by Crippen LogP contribution is -2.30. The van der Waals surface area contributed by atoms with Crippen molar-refractivity contribution in [2.24, 2.45) is 5.84 Å². The van der Waals surface area contributed by atoms with Gasteiger partial charge in [-0.15, -0.1) is 0 Å². The summed E-state index contributed by atoms with van der Waals surface area (Å²) in [4.78, 5) is 22.0. The highest BCUT2D eigenvalue weighted by Crippen LogP contribution is 1.96. The molecule has 0 aliphatic carbocycles. The summed E-state index contributed by atoms with van der Waals surface area (Å²) in [6, 6.07) is 1.58. The van der Waals surface area contributed by atoms with Crippen LogP contribution < -0.4 is 16.6 Å². The lowest BCUT2D eigenvalue weighted by atomic mass is 10.4. The minimum atomic E-state index is -0.271. The van der Waals surface area contributed by atoms with E-state index in [9.17, 15) is 9.59 Å². The van der Waals surface area contributed by atoms with E-state index >= 15 is 0 Å². The SMILES string of the molecule is CNC(=O)c1ccn(CCC(=O)NN)n1. The highest BCUT2D eigenvalue weighted by Gasteiger charge is 2.07. The van der Waals surface area contributed by atoms with Gasteiger partial charge in [-0.1, -0.05) is 0 Å². The first-order valence-electron chi connectivity index (χ1n) is 4.42. The zero-order valence-electron chi connectivity index (χ0n) is 8.36. The predicted octanol–water partition coefficient (Wildman–Crippen LogP) is -1.38. The summed E-state index contributed by atoms with van der Waals surface area (Å²) in [7, 11) is 1.53. The van der Waals surface area contributed by atoms with E-state index in [1.807, 2.05) is 5.43 Å². The van der Waals surface area contributed by atoms with E-state index in [0.717, 1.165) is 0 Å². The van der Waals surface area contributed by atoms with Crippen LogP contribution in [0.25, 0.3) is 0 Å². The molecule has 7 nitrogen and oxygen atoms in total. The van der Waals surface area contributed by atoms with Gasteiger partial charge in [0.15, 0.2) is 0 Å². The smallest absolute Gasteiger partial charge is 0.271 e. The molecule has 1 aromatic rings. The van der Waals surface area contributed by atoms with Crippen LogP contribution in [0.4, 0.5) is 0 Å². The van der Waals surface area contributed by atoms with E-state index < -0.39 is 0 Å². The molecule has 0 radical (unpaired) electrons. The Hall–Kier alpha value is -1.89. The molecule has 1 aromatic heterocycles. The Kier molecular flexibility index (Phi) is 3.81. The van der Waals surface area contributed by atoms with Gasteiger partial charge >= 0.3 is 0 Å². The standard InChI is InChI=1S/C8H13N5O2/c1-10-8(15)6-2-4-13(12-6)5-3-7(14)11-9/h2,4H,3,5,9H2,1H3,(H,10,15)(H,11,14). The summed E-state index contributed by atoms with van der Waals surface area (Å²) in [5.74, 6) is 4.39. The maximum absolute atomic E-state index is 11.1. The molecule has 0 bridgehead atoms. The van der Waals surface area contributed by atoms with Gasteiger partial charge in [0, 0.05) is 26.2 Å². The first kappa shape index (κ1) is 11.2. The van der Waals surface area contributed by atoms with E-state index in [1.165, 1.54) is 11.7 Å². The molecule has 2 amide bonds. The predicted molar refractivity (Wildman–Crippen MR) is 52.6 cm³/mol. The van der Waals surface area contributed by atoms with Crippen molar-refractivity contribution in [1.29, 1.82) is 0 Å². The van der Waals surface area contributed by atoms with E-state index in [0.29, 0.717) is 12.2 Å². The molecule has 4 N–H and O–H groups in total. The van der Waals surface area contributed by atoms with Crippen molar-refractivity contribution < 1.29 is 9.59 Å². The van der Waals surface area contributed by atoms with Crippen LogP contribution in [0.3, 0.4) is 0 Å². The number of nitrogens with two attached hydrogens (primary N) is 1. The molecular weight excluding hydrogens is 198 g/mol. The van der Waals surface area contributed by atoms with Crippen LogP contribution in [0.1, 0.15) is 16.9 Å². The number of carbonyl (C=O) groups is 2. The van der Waals surface area contributed by atoms with Crippen LogP contribution in [-0.4, -0.2) is 28.6 Å². The first-order valence-corrected chi connectivity index (χ1v) is 4.42. The van der Waals surface area contributed by atoms with Crippen molar-refractivity contribution in [2.75, 3.05) is 7.05 Å². The highest BCUT2D eigenvalue weighted by molar-refractivity contribution is 5.91. The second-order valence-electron chi connectivity index (χ2n) is 2.86. The third kappa shape index (κ3) is 3.06. The molecule has 1 heterocycles. The fourth-order valence-electron chi connectivity index (χ4n) is 1.02. The first-order chi connectivity index (χ1) is 7.17. The van der Waals surface area contributed by atoms with Crippen LogP contribution in [0.5, 0.6) is 0 Å². The minimum absolute atomic E-state index is 0.228. The van der Waals surface area contributed by atoms with Gasteiger partial charge in [-0.3, -0.25) is 19.7 Å². The quantitative estimate of drug-likeness (QED) is 0.324. The molecule has 0 spiro atoms. The van der Waals surface area contributed by atoms with Crippen molar-refractivity contribution >= 4 is 11.8 Å². The van der Waals surface area contributed by atoms with E-state index in [1.54, 1.807) is 12.3 Å². The molecule has 15 heavy (non-hydrogen) atoms. The van der Waals surface area contributed by atoms with E-state index in [2.05, 4.69) is 10.4 Å². The summed E-state index contributed by atoms with van der Waals surface area (Å²) in [6.07, 6.45) is 1.86. The monoisotopic (exact) mass is 211 g/mol. The summed E-state index contributed by atoms with van der Waals surface area (Å²) in [5, 5.41) is 6.43. The van der Waals surface area contributed by atoms with Gasteiger partial charge < -0.3 is 5.32 Å². The molecule has 82 valence electrons. The van der Waals surface area contributed by atoms with Gasteiger partial charge in [-0.05, 0) is 6.07 Å². The molecule has 0 aromatic carbocycles. The van der Waals surface area contributed by atoms with Crippen molar-refractivity contribution in [3.05, 3.63) is 18.0 Å². The van der Waals surface area contributed by atoms with Crippen LogP contribution in [0.2, 0.25) is 0 Å². The Morgan fingerprint density at radius 2 is 2.33 bits per heavy atom. The number of amides is 2. The van der Waals surface area contributed by atoms with Crippen molar-refractivity contribution in [3.63, 3.8) is 0 Å². The number of aryl methyl sites for hydroxylation is 1. The van der Waals surface area contributed by atoms with Crippen LogP contribution >= 0.6 is 0 Å². The summed E-state index contributed by atoms with van der Waals surface area (Å²) in [6.45, 7) is 0.389. The zero-order valence-corrected chi connectivity index (χ0v) is 8.36. The van der Waals surface area contributed by atoms with Gasteiger partial charge in [-0.25, -0.2) is 5.84 Å². The number of hydrogen-bond donors (Lipinski definition) is 3. The van der Waals surface area contributed by atoms with E-state index in [4.69, 9.17) is 5.84 Å². The fourth-order valence-corrected chi connectivity index (χ4v) is 1.02. The van der Waals surface area contributed by atoms with Crippen molar-refractivity contribution in [2.45, 2.75) is 13.0 Å². The summed E-state index contributed by atoms with van der Waals surface area (Å²) >= 11 is 0. The Balaban J connectivity index is 2.53. The highest BCUT2D eigenvalue weighted by atomic mass is 16.2. The van der Waals surface area contributed by atoms with Crippen molar-refractivity contribution in [1.82, 2.24) is 20.5 Å². The Labute approximate surface area is 86.6 Å². The van der Waals surface area contributed by atoms with Gasteiger partial charge in [-0.2, -0.15) is 5.10 Å². The van der Waals surface area contributed by atoms with E-state index in [-0.39, 0.29) is 18.2 Å². The number of hydrogen-bond acceptors (Lipinski definition) is 4. The molecule has 0 saturated carbocycles. The molecule has 0 aliphatic heterocycles. The normalized spacial score (nSPS) is 9.73. The third-order valence-corrected chi connectivity index (χ3v) is 1.83. The summed E-state index contributed by atoms with van der Waals surface area (Å²) in [5.41, 5.74) is 2.34. The average molecular weight is 211 g/mol. The Morgan fingerprint density at radius 1 is 1.60 bits per heavy atom. The minimum Gasteiger partial charge on any atom is -0.354 e. The van der Waals surface area contributed by atoms with Crippen LogP contribution in [-0.2, 0) is 11.3 Å². The second kappa shape index (κ2) is 5.11. The fraction of sp³-hybridized carbons (Fsp3) is 0.375. The molecule has 0 unspecified atom stereocenters. The molecule has 7 heteroatoms. The van der Waals surface area contributed by atoms with Crippen LogP contribution in [0.15, 0.2) is 12.3 Å². The maximum Gasteiger partial charge on any atom is 0.271 e. The van der Waals surface area contributed by atoms with Crippen LogP contribution in [0, 0.1) is 0 Å². The number of aromatic nitrogens is 2. The second-order valence-corrected chi connectivity index (χ2v) is 2.86. The molecule has 1 rings (SSSR count). The topological polar surface area (TPSA) is 102 Å². The third-order valence-electron chi connectivity index (χ3n) is 1.83. The Bertz CT molecular complexity index is 360. The Morgan fingerprint density at radius 3 is 2.93 bits per heavy atom. The number of hydrazine groups is 1. The molecule has 0 aliphatic rings. The lowest BCUT2D eigenvalue weighted by molar-refractivity contribution is -0.121. The summed E-state index contributed by atoms with van der Waals surface area (Å²) < 4.78 is 1.51. The van der Waals surface area contributed by atoms with Gasteiger partial charge in [0.05, 0.1) is 0 Å². The zero-order chi connectivity index (χ0) is 11.3.